The predicted molar refractivity (Wildman–Crippen MR) is 74.6 cm³/mol. The number of amides is 1. The van der Waals surface area contributed by atoms with Crippen LogP contribution in [0.3, 0.4) is 0 Å². The van der Waals surface area contributed by atoms with E-state index in [0.29, 0.717) is 13.2 Å². The van der Waals surface area contributed by atoms with Gasteiger partial charge in [-0.05, 0) is 29.8 Å². The Morgan fingerprint density at radius 3 is 2.10 bits per heavy atom. The number of hydrogen-bond donors (Lipinski definition) is 1. The molecule has 1 heterocycles. The molecule has 0 aromatic heterocycles. The van der Waals surface area contributed by atoms with E-state index in [1.54, 1.807) is 0 Å². The van der Waals surface area contributed by atoms with Gasteiger partial charge in [-0.25, -0.2) is 0 Å². The van der Waals surface area contributed by atoms with E-state index < -0.39 is 5.41 Å². The van der Waals surface area contributed by atoms with Crippen molar-refractivity contribution in [3.63, 3.8) is 0 Å². The molecule has 2 aromatic carbocycles. The summed E-state index contributed by atoms with van der Waals surface area (Å²) in [4.78, 5) is 11.6. The molecule has 1 amide bonds. The van der Waals surface area contributed by atoms with Gasteiger partial charge in [-0.3, -0.25) is 4.79 Å². The number of nitrogens with two attached hydrogens (primary N) is 1. The van der Waals surface area contributed by atoms with Gasteiger partial charge >= 0.3 is 0 Å². The predicted octanol–water partition coefficient (Wildman–Crippen LogP) is 2.23. The number of para-hydroxylation sites is 1. The summed E-state index contributed by atoms with van der Waals surface area (Å²) < 4.78 is 10.9. The van der Waals surface area contributed by atoms with Crippen molar-refractivity contribution in [2.24, 2.45) is 5.73 Å². The lowest BCUT2D eigenvalue weighted by Crippen LogP contribution is -2.56. The first-order chi connectivity index (χ1) is 9.71. The van der Waals surface area contributed by atoms with E-state index in [2.05, 4.69) is 0 Å². The Morgan fingerprint density at radius 1 is 1.00 bits per heavy atom. The van der Waals surface area contributed by atoms with Crippen molar-refractivity contribution in [3.8, 4) is 11.5 Å². The third-order valence-corrected chi connectivity index (χ3v) is 3.55. The normalized spacial score (nSPS) is 16.2. The molecule has 1 fully saturated rings. The van der Waals surface area contributed by atoms with Crippen LogP contribution in [0.15, 0.2) is 54.6 Å². The number of primary amides is 1. The Labute approximate surface area is 117 Å². The first-order valence-corrected chi connectivity index (χ1v) is 6.42. The largest absolute Gasteiger partial charge is 0.457 e. The summed E-state index contributed by atoms with van der Waals surface area (Å²) >= 11 is 0. The SMILES string of the molecule is NC(=O)C1(c2ccc(Oc3ccccc3)cc2)COC1. The zero-order chi connectivity index (χ0) is 14.0. The minimum atomic E-state index is -0.675. The maximum Gasteiger partial charge on any atom is 0.232 e. The molecule has 0 bridgehead atoms. The molecule has 1 saturated heterocycles. The Bertz CT molecular complexity index is 603. The summed E-state index contributed by atoms with van der Waals surface area (Å²) in [5.74, 6) is 1.15. The van der Waals surface area contributed by atoms with E-state index in [9.17, 15) is 4.79 Å². The molecule has 2 N–H and O–H groups in total. The van der Waals surface area contributed by atoms with Crippen LogP contribution >= 0.6 is 0 Å². The number of hydrogen-bond acceptors (Lipinski definition) is 3. The fourth-order valence-electron chi connectivity index (χ4n) is 2.22. The third-order valence-electron chi connectivity index (χ3n) is 3.55. The molecule has 1 aliphatic rings. The molecular formula is C16H15NO3. The molecule has 0 saturated carbocycles. The van der Waals surface area contributed by atoms with Crippen molar-refractivity contribution in [3.05, 3.63) is 60.2 Å². The van der Waals surface area contributed by atoms with Crippen LogP contribution < -0.4 is 10.5 Å². The molecule has 0 unspecified atom stereocenters. The van der Waals surface area contributed by atoms with Crippen LogP contribution in [0.1, 0.15) is 5.56 Å². The molecule has 1 aliphatic heterocycles. The lowest BCUT2D eigenvalue weighted by Gasteiger charge is -2.38. The van der Waals surface area contributed by atoms with E-state index >= 15 is 0 Å². The summed E-state index contributed by atoms with van der Waals surface area (Å²) in [6, 6.07) is 16.9. The molecule has 4 nitrogen and oxygen atoms in total. The van der Waals surface area contributed by atoms with Crippen LogP contribution in [0.4, 0.5) is 0 Å². The molecule has 3 rings (SSSR count). The van der Waals surface area contributed by atoms with Gasteiger partial charge in [0.2, 0.25) is 5.91 Å². The van der Waals surface area contributed by atoms with Crippen molar-refractivity contribution in [2.45, 2.75) is 5.41 Å². The fourth-order valence-corrected chi connectivity index (χ4v) is 2.22. The van der Waals surface area contributed by atoms with Crippen LogP contribution in [0.25, 0.3) is 0 Å². The second kappa shape index (κ2) is 4.98. The van der Waals surface area contributed by atoms with Crippen molar-refractivity contribution < 1.29 is 14.3 Å². The standard InChI is InChI=1S/C16H15NO3/c17-15(18)16(10-19-11-16)12-6-8-14(9-7-12)20-13-4-2-1-3-5-13/h1-9H,10-11H2,(H2,17,18). The van der Waals surface area contributed by atoms with Crippen molar-refractivity contribution >= 4 is 5.91 Å². The molecule has 2 aromatic rings. The zero-order valence-corrected chi connectivity index (χ0v) is 10.9. The van der Waals surface area contributed by atoms with E-state index in [1.165, 1.54) is 0 Å². The van der Waals surface area contributed by atoms with Crippen LogP contribution in [0.5, 0.6) is 11.5 Å². The van der Waals surface area contributed by atoms with Gasteiger partial charge in [-0.2, -0.15) is 0 Å². The van der Waals surface area contributed by atoms with Crippen LogP contribution in [0.2, 0.25) is 0 Å². The van der Waals surface area contributed by atoms with E-state index in [1.807, 2.05) is 54.6 Å². The van der Waals surface area contributed by atoms with Crippen LogP contribution in [0, 0.1) is 0 Å². The second-order valence-corrected chi connectivity index (χ2v) is 4.88. The number of carbonyl (C=O) groups excluding carboxylic acids is 1. The van der Waals surface area contributed by atoms with Crippen LogP contribution in [-0.4, -0.2) is 19.1 Å². The monoisotopic (exact) mass is 269 g/mol. The minimum Gasteiger partial charge on any atom is -0.457 e. The highest BCUT2D eigenvalue weighted by atomic mass is 16.5. The minimum absolute atomic E-state index is 0.347. The number of benzene rings is 2. The average Bonchev–Trinajstić information content (AvgIpc) is 2.40. The van der Waals surface area contributed by atoms with Crippen molar-refractivity contribution in [1.29, 1.82) is 0 Å². The van der Waals surface area contributed by atoms with Gasteiger partial charge in [-0.1, -0.05) is 30.3 Å². The molecule has 0 atom stereocenters. The van der Waals surface area contributed by atoms with Gasteiger partial charge in [0.15, 0.2) is 0 Å². The quantitative estimate of drug-likeness (QED) is 0.925. The van der Waals surface area contributed by atoms with Crippen molar-refractivity contribution in [1.82, 2.24) is 0 Å². The first kappa shape index (κ1) is 12.7. The Balaban J connectivity index is 1.80. The first-order valence-electron chi connectivity index (χ1n) is 6.42. The van der Waals surface area contributed by atoms with Crippen molar-refractivity contribution in [2.75, 3.05) is 13.2 Å². The lowest BCUT2D eigenvalue weighted by atomic mass is 9.78. The highest BCUT2D eigenvalue weighted by Crippen LogP contribution is 2.33. The summed E-state index contributed by atoms with van der Waals surface area (Å²) in [6.07, 6.45) is 0. The second-order valence-electron chi connectivity index (χ2n) is 4.88. The van der Waals surface area contributed by atoms with Gasteiger partial charge in [0.1, 0.15) is 16.9 Å². The molecule has 102 valence electrons. The molecule has 4 heteroatoms. The van der Waals surface area contributed by atoms with E-state index in [4.69, 9.17) is 15.2 Å². The Kier molecular flexibility index (Phi) is 3.16. The van der Waals surface area contributed by atoms with Gasteiger partial charge in [0.25, 0.3) is 0 Å². The lowest BCUT2D eigenvalue weighted by molar-refractivity contribution is -0.141. The number of carbonyl (C=O) groups is 1. The Hall–Kier alpha value is -2.33. The van der Waals surface area contributed by atoms with Gasteiger partial charge < -0.3 is 15.2 Å². The molecule has 0 radical (unpaired) electrons. The zero-order valence-electron chi connectivity index (χ0n) is 10.9. The summed E-state index contributed by atoms with van der Waals surface area (Å²) in [5, 5.41) is 0. The maximum absolute atomic E-state index is 11.6. The third kappa shape index (κ3) is 2.14. The number of rotatable bonds is 4. The maximum atomic E-state index is 11.6. The summed E-state index contributed by atoms with van der Waals surface area (Å²) in [7, 11) is 0. The van der Waals surface area contributed by atoms with Gasteiger partial charge in [0.05, 0.1) is 13.2 Å². The Morgan fingerprint density at radius 2 is 1.60 bits per heavy atom. The molecule has 20 heavy (non-hydrogen) atoms. The smallest absolute Gasteiger partial charge is 0.232 e. The molecular weight excluding hydrogens is 254 g/mol. The molecule has 0 aliphatic carbocycles. The summed E-state index contributed by atoms with van der Waals surface area (Å²) in [5.41, 5.74) is 5.67. The van der Waals surface area contributed by atoms with Gasteiger partial charge in [-0.15, -0.1) is 0 Å². The summed E-state index contributed by atoms with van der Waals surface area (Å²) in [6.45, 7) is 0.697. The fraction of sp³-hybridized carbons (Fsp3) is 0.188. The highest BCUT2D eigenvalue weighted by Gasteiger charge is 2.46. The highest BCUT2D eigenvalue weighted by molar-refractivity contribution is 5.88. The average molecular weight is 269 g/mol. The topological polar surface area (TPSA) is 61.6 Å². The van der Waals surface area contributed by atoms with E-state index in [0.717, 1.165) is 17.1 Å². The van der Waals surface area contributed by atoms with E-state index in [-0.39, 0.29) is 5.91 Å². The number of ether oxygens (including phenoxy) is 2. The van der Waals surface area contributed by atoms with Gasteiger partial charge in [0, 0.05) is 0 Å². The van der Waals surface area contributed by atoms with Crippen LogP contribution in [-0.2, 0) is 14.9 Å². The molecule has 0 spiro atoms.